The molecule has 1 heterocycles. The molecule has 2 atom stereocenters. The van der Waals surface area contributed by atoms with Gasteiger partial charge < -0.3 is 33.9 Å². The van der Waals surface area contributed by atoms with Gasteiger partial charge in [-0.05, 0) is 79.4 Å². The van der Waals surface area contributed by atoms with E-state index in [1.54, 1.807) is 39.4 Å². The molecule has 0 saturated heterocycles. The average Bonchev–Trinajstić information content (AvgIpc) is 2.97. The first kappa shape index (κ1) is 25.1. The fourth-order valence-corrected chi connectivity index (χ4v) is 5.20. The Labute approximate surface area is 207 Å². The number of carbonyl (C=O) groups excluding carboxylic acids is 1. The minimum absolute atomic E-state index is 0.257. The van der Waals surface area contributed by atoms with Crippen LogP contribution in [0, 0.1) is 0 Å². The van der Waals surface area contributed by atoms with Gasteiger partial charge >= 0.3 is 0 Å². The number of benzene rings is 2. The lowest BCUT2D eigenvalue weighted by Crippen LogP contribution is -2.37. The number of amides is 1. The number of carbonyl (C=O) groups is 1. The van der Waals surface area contributed by atoms with E-state index < -0.39 is 6.10 Å². The van der Waals surface area contributed by atoms with Crippen LogP contribution in [0.1, 0.15) is 40.7 Å². The van der Waals surface area contributed by atoms with E-state index in [4.69, 9.17) is 18.9 Å². The third-order valence-electron chi connectivity index (χ3n) is 7.19. The summed E-state index contributed by atoms with van der Waals surface area (Å²) in [6.45, 7) is 2.99. The SMILES string of the molecule is COc1cc2c(cc1OC)C(O)C(=O)N(CCCN(C)C[C@H]1Cc3cc(OC)c(OC)cc31)CC2. The molecular formula is C27H36N2O6. The Hall–Kier alpha value is -2.97. The molecule has 1 N–H and O–H groups in total. The summed E-state index contributed by atoms with van der Waals surface area (Å²) in [7, 11) is 8.58. The minimum Gasteiger partial charge on any atom is -0.493 e. The number of ether oxygens (including phenoxy) is 4. The zero-order valence-electron chi connectivity index (χ0n) is 21.3. The van der Waals surface area contributed by atoms with Gasteiger partial charge in [0.2, 0.25) is 0 Å². The molecule has 0 saturated carbocycles. The van der Waals surface area contributed by atoms with Crippen LogP contribution in [0.25, 0.3) is 0 Å². The average molecular weight is 485 g/mol. The molecule has 35 heavy (non-hydrogen) atoms. The highest BCUT2D eigenvalue weighted by molar-refractivity contribution is 5.83. The molecule has 8 heteroatoms. The number of aliphatic hydroxyl groups is 1. The third-order valence-corrected chi connectivity index (χ3v) is 7.19. The van der Waals surface area contributed by atoms with Gasteiger partial charge in [-0.2, -0.15) is 0 Å². The number of hydrogen-bond acceptors (Lipinski definition) is 7. The molecule has 1 amide bonds. The van der Waals surface area contributed by atoms with Gasteiger partial charge in [0.1, 0.15) is 0 Å². The molecule has 0 radical (unpaired) electrons. The Morgan fingerprint density at radius 1 is 0.914 bits per heavy atom. The predicted molar refractivity (Wildman–Crippen MR) is 133 cm³/mol. The Balaban J connectivity index is 1.31. The van der Waals surface area contributed by atoms with Crippen molar-refractivity contribution in [3.8, 4) is 23.0 Å². The standard InChI is InChI=1S/C27H36N2O6/c1-28(16-19-11-18-13-23(33-3)24(34-4)14-20(18)19)8-6-9-29-10-7-17-12-22(32-2)25(35-5)15-21(17)26(30)27(29)31/h12-15,19,26,30H,6-11,16H2,1-5H3/t19-,26?/m1/s1. The summed E-state index contributed by atoms with van der Waals surface area (Å²) < 4.78 is 21.6. The summed E-state index contributed by atoms with van der Waals surface area (Å²) in [5.74, 6) is 2.88. The number of fused-ring (bicyclic) bond motifs is 2. The summed E-state index contributed by atoms with van der Waals surface area (Å²) in [6.07, 6.45) is 1.34. The van der Waals surface area contributed by atoms with Crippen LogP contribution in [0.2, 0.25) is 0 Å². The lowest BCUT2D eigenvalue weighted by Gasteiger charge is -2.34. The molecule has 0 spiro atoms. The van der Waals surface area contributed by atoms with E-state index in [1.165, 1.54) is 11.1 Å². The van der Waals surface area contributed by atoms with Gasteiger partial charge in [-0.3, -0.25) is 4.79 Å². The zero-order chi connectivity index (χ0) is 25.1. The lowest BCUT2D eigenvalue weighted by molar-refractivity contribution is -0.140. The summed E-state index contributed by atoms with van der Waals surface area (Å²) in [5, 5.41) is 10.8. The fourth-order valence-electron chi connectivity index (χ4n) is 5.20. The number of aliphatic hydroxyl groups excluding tert-OH is 1. The maximum Gasteiger partial charge on any atom is 0.256 e. The Bertz CT molecular complexity index is 1070. The Morgan fingerprint density at radius 3 is 2.11 bits per heavy atom. The van der Waals surface area contributed by atoms with Crippen LogP contribution < -0.4 is 18.9 Å². The molecule has 2 aliphatic rings. The third kappa shape index (κ3) is 5.04. The van der Waals surface area contributed by atoms with Gasteiger partial charge in [0.05, 0.1) is 28.4 Å². The van der Waals surface area contributed by atoms with Crippen molar-refractivity contribution in [2.45, 2.75) is 31.3 Å². The molecule has 1 aliphatic carbocycles. The van der Waals surface area contributed by atoms with Crippen LogP contribution in [-0.2, 0) is 17.6 Å². The van der Waals surface area contributed by atoms with Gasteiger partial charge in [0.25, 0.3) is 5.91 Å². The van der Waals surface area contributed by atoms with Gasteiger partial charge in [0.15, 0.2) is 29.1 Å². The van der Waals surface area contributed by atoms with Crippen molar-refractivity contribution in [2.24, 2.45) is 0 Å². The van der Waals surface area contributed by atoms with Crippen LogP contribution >= 0.6 is 0 Å². The molecular weight excluding hydrogens is 448 g/mol. The minimum atomic E-state index is -1.19. The van der Waals surface area contributed by atoms with Crippen molar-refractivity contribution in [3.63, 3.8) is 0 Å². The summed E-state index contributed by atoms with van der Waals surface area (Å²) >= 11 is 0. The molecule has 2 aromatic rings. The molecule has 190 valence electrons. The molecule has 1 aliphatic heterocycles. The second-order valence-corrected chi connectivity index (χ2v) is 9.31. The van der Waals surface area contributed by atoms with E-state index in [-0.39, 0.29) is 5.91 Å². The maximum absolute atomic E-state index is 13.0. The molecule has 1 unspecified atom stereocenters. The normalized spacial score (nSPS) is 18.9. The van der Waals surface area contributed by atoms with Gasteiger partial charge in [-0.15, -0.1) is 0 Å². The van der Waals surface area contributed by atoms with E-state index >= 15 is 0 Å². The molecule has 0 aromatic heterocycles. The van der Waals surface area contributed by atoms with Crippen molar-refractivity contribution in [1.82, 2.24) is 9.80 Å². The van der Waals surface area contributed by atoms with Crippen molar-refractivity contribution in [2.75, 3.05) is 61.7 Å². The summed E-state index contributed by atoms with van der Waals surface area (Å²) in [4.78, 5) is 17.1. The van der Waals surface area contributed by atoms with Crippen LogP contribution in [0.15, 0.2) is 24.3 Å². The van der Waals surface area contributed by atoms with Crippen LogP contribution in [-0.4, -0.2) is 82.5 Å². The Kier molecular flexibility index (Phi) is 7.72. The molecule has 0 fully saturated rings. The second-order valence-electron chi connectivity index (χ2n) is 9.31. The quantitative estimate of drug-likeness (QED) is 0.555. The summed E-state index contributed by atoms with van der Waals surface area (Å²) in [6, 6.07) is 7.75. The van der Waals surface area contributed by atoms with Gasteiger partial charge in [0, 0.05) is 25.6 Å². The van der Waals surface area contributed by atoms with E-state index in [9.17, 15) is 9.90 Å². The first-order valence-electron chi connectivity index (χ1n) is 12.0. The van der Waals surface area contributed by atoms with Gasteiger partial charge in [-0.25, -0.2) is 0 Å². The van der Waals surface area contributed by atoms with E-state index in [2.05, 4.69) is 24.1 Å². The van der Waals surface area contributed by atoms with Crippen molar-refractivity contribution in [3.05, 3.63) is 46.5 Å². The number of likely N-dealkylation sites (N-methyl/N-ethyl adjacent to an activating group) is 1. The molecule has 0 bridgehead atoms. The van der Waals surface area contributed by atoms with E-state index in [1.807, 2.05) is 6.07 Å². The van der Waals surface area contributed by atoms with Crippen LogP contribution in [0.5, 0.6) is 23.0 Å². The highest BCUT2D eigenvalue weighted by atomic mass is 16.5. The smallest absolute Gasteiger partial charge is 0.256 e. The number of methoxy groups -OCH3 is 4. The van der Waals surface area contributed by atoms with Crippen LogP contribution in [0.3, 0.4) is 0 Å². The fraction of sp³-hybridized carbons (Fsp3) is 0.519. The largest absolute Gasteiger partial charge is 0.493 e. The van der Waals surface area contributed by atoms with Crippen LogP contribution in [0.4, 0.5) is 0 Å². The first-order valence-corrected chi connectivity index (χ1v) is 12.0. The highest BCUT2D eigenvalue weighted by Gasteiger charge is 2.31. The monoisotopic (exact) mass is 484 g/mol. The van der Waals surface area contributed by atoms with Gasteiger partial charge in [-0.1, -0.05) is 0 Å². The van der Waals surface area contributed by atoms with E-state index in [0.717, 1.165) is 43.0 Å². The Morgan fingerprint density at radius 2 is 1.49 bits per heavy atom. The molecule has 4 rings (SSSR count). The zero-order valence-corrected chi connectivity index (χ0v) is 21.3. The number of nitrogens with zero attached hydrogens (tertiary/aromatic N) is 2. The number of hydrogen-bond donors (Lipinski definition) is 1. The topological polar surface area (TPSA) is 80.7 Å². The first-order chi connectivity index (χ1) is 16.9. The highest BCUT2D eigenvalue weighted by Crippen LogP contribution is 2.42. The second kappa shape index (κ2) is 10.7. The van der Waals surface area contributed by atoms with Crippen molar-refractivity contribution < 1.29 is 28.8 Å². The van der Waals surface area contributed by atoms with Crippen molar-refractivity contribution >= 4 is 5.91 Å². The molecule has 2 aromatic carbocycles. The van der Waals surface area contributed by atoms with E-state index in [0.29, 0.717) is 42.5 Å². The molecule has 8 nitrogen and oxygen atoms in total. The predicted octanol–water partition coefficient (Wildman–Crippen LogP) is 2.80. The maximum atomic E-state index is 13.0. The number of rotatable bonds is 10. The lowest BCUT2D eigenvalue weighted by atomic mass is 9.77. The van der Waals surface area contributed by atoms with Crippen molar-refractivity contribution in [1.29, 1.82) is 0 Å². The summed E-state index contributed by atoms with van der Waals surface area (Å²) in [5.41, 5.74) is 4.16.